The molecule has 2 saturated heterocycles. The summed E-state index contributed by atoms with van der Waals surface area (Å²) in [5.41, 5.74) is -4.77. The molecule has 9 nitrogen and oxygen atoms in total. The highest BCUT2D eigenvalue weighted by molar-refractivity contribution is 7.52. The number of benzene rings is 2. The van der Waals surface area contributed by atoms with Crippen LogP contribution in [0.15, 0.2) is 54.6 Å². The molecule has 0 aliphatic carbocycles. The summed E-state index contributed by atoms with van der Waals surface area (Å²) >= 11 is 1.01. The van der Waals surface area contributed by atoms with Crippen LogP contribution in [0.25, 0.3) is 10.1 Å². The lowest BCUT2D eigenvalue weighted by Crippen LogP contribution is -2.57. The first-order chi connectivity index (χ1) is 20.6. The van der Waals surface area contributed by atoms with Gasteiger partial charge in [-0.3, -0.25) is 18.9 Å². The second-order valence-electron chi connectivity index (χ2n) is 12.6. The topological polar surface area (TPSA) is 127 Å². The molecule has 5 rings (SSSR count). The summed E-state index contributed by atoms with van der Waals surface area (Å²) in [6, 6.07) is 13.0. The van der Waals surface area contributed by atoms with Crippen LogP contribution in [0, 0.1) is 5.41 Å². The Morgan fingerprint density at radius 1 is 1.02 bits per heavy atom. The number of halogens is 2. The van der Waals surface area contributed by atoms with E-state index in [2.05, 4.69) is 17.4 Å². The first kappa shape index (κ1) is 32.2. The fourth-order valence-corrected chi connectivity index (χ4v) is 7.40. The molecular weight excluding hydrogens is 611 g/mol. The molecule has 236 valence electrons. The number of likely N-dealkylation sites (tertiary alicyclic amines) is 2. The molecule has 0 saturated carbocycles. The minimum Gasteiger partial charge on any atom is -0.340 e. The zero-order valence-electron chi connectivity index (χ0n) is 24.7. The number of carbonyl (C=O) groups is 3. The smallest absolute Gasteiger partial charge is 0.340 e. The molecule has 3 atom stereocenters. The van der Waals surface area contributed by atoms with Crippen molar-refractivity contribution in [3.05, 3.63) is 70.6 Å². The average Bonchev–Trinajstić information content (AvgIpc) is 3.73. The molecule has 13 heteroatoms. The van der Waals surface area contributed by atoms with E-state index in [4.69, 9.17) is 9.79 Å². The molecule has 3 aromatic rings. The van der Waals surface area contributed by atoms with Gasteiger partial charge in [0.15, 0.2) is 0 Å². The minimum absolute atomic E-state index is 0.0827. The Labute approximate surface area is 258 Å². The molecule has 0 bridgehead atoms. The summed E-state index contributed by atoms with van der Waals surface area (Å²) in [7, 11) is -5.76. The third kappa shape index (κ3) is 6.31. The molecule has 44 heavy (non-hydrogen) atoms. The van der Waals surface area contributed by atoms with Crippen LogP contribution in [-0.2, 0) is 19.8 Å². The predicted molar refractivity (Wildman–Crippen MR) is 164 cm³/mol. The van der Waals surface area contributed by atoms with E-state index in [1.165, 1.54) is 17.7 Å². The quantitative estimate of drug-likeness (QED) is 0.300. The number of fused-ring (bicyclic) bond motifs is 1. The van der Waals surface area contributed by atoms with Crippen LogP contribution in [0.5, 0.6) is 0 Å². The van der Waals surface area contributed by atoms with Gasteiger partial charge in [-0.1, -0.05) is 57.2 Å². The van der Waals surface area contributed by atoms with Gasteiger partial charge in [-0.25, -0.2) is 0 Å². The largest absolute Gasteiger partial charge is 0.399 e. The van der Waals surface area contributed by atoms with Gasteiger partial charge in [0.2, 0.25) is 11.8 Å². The van der Waals surface area contributed by atoms with Gasteiger partial charge in [-0.2, -0.15) is 8.78 Å². The lowest BCUT2D eigenvalue weighted by molar-refractivity contribution is -0.145. The third-order valence-corrected chi connectivity index (χ3v) is 10.5. The standard InChI is InChI=1S/C31H36F2N3O6PS/c1-30(2,3)26(34-27(37)25-17-21-16-22(11-12-24(21)44-25)31(32,33)43(40,41)42)29(39)36-14-7-10-23(36)28(38)35-15-13-20(18-35)19-8-5-4-6-9-19/h4-6,8-9,11-12,16-17,20,23,26H,7,10,13-15,18H2,1-3H3,(H,34,37)(H2,40,41,42). The van der Waals surface area contributed by atoms with Gasteiger partial charge in [-0.15, -0.1) is 11.3 Å². The highest BCUT2D eigenvalue weighted by Gasteiger charge is 2.50. The maximum atomic E-state index is 14.3. The number of amides is 3. The number of carbonyl (C=O) groups excluding carboxylic acids is 3. The number of nitrogens with one attached hydrogen (secondary N) is 1. The van der Waals surface area contributed by atoms with Crippen molar-refractivity contribution in [2.45, 2.75) is 63.7 Å². The molecule has 0 radical (unpaired) electrons. The molecule has 0 spiro atoms. The van der Waals surface area contributed by atoms with Gasteiger partial charge < -0.3 is 24.9 Å². The van der Waals surface area contributed by atoms with E-state index >= 15 is 0 Å². The Morgan fingerprint density at radius 3 is 2.39 bits per heavy atom. The van der Waals surface area contributed by atoms with Gasteiger partial charge in [-0.05, 0) is 53.8 Å². The van der Waals surface area contributed by atoms with E-state index in [1.54, 1.807) is 4.90 Å². The molecule has 3 amide bonds. The van der Waals surface area contributed by atoms with E-state index in [9.17, 15) is 27.7 Å². The molecule has 3 unspecified atom stereocenters. The fraction of sp³-hybridized carbons (Fsp3) is 0.452. The Balaban J connectivity index is 1.32. The van der Waals surface area contributed by atoms with Gasteiger partial charge in [0.05, 0.1) is 4.88 Å². The van der Waals surface area contributed by atoms with Gasteiger partial charge in [0.25, 0.3) is 5.91 Å². The van der Waals surface area contributed by atoms with E-state index in [0.717, 1.165) is 29.9 Å². The summed E-state index contributed by atoms with van der Waals surface area (Å²) < 4.78 is 40.3. The van der Waals surface area contributed by atoms with Crippen LogP contribution < -0.4 is 5.32 Å². The molecule has 2 aliphatic rings. The molecular formula is C31H36F2N3O6PS. The van der Waals surface area contributed by atoms with Gasteiger partial charge >= 0.3 is 13.3 Å². The third-order valence-electron chi connectivity index (χ3n) is 8.43. The van der Waals surface area contributed by atoms with Crippen LogP contribution in [0.1, 0.15) is 66.8 Å². The van der Waals surface area contributed by atoms with Crippen molar-refractivity contribution in [1.29, 1.82) is 0 Å². The number of hydrogen-bond acceptors (Lipinski definition) is 5. The minimum atomic E-state index is -5.76. The Hall–Kier alpha value is -3.18. The van der Waals surface area contributed by atoms with Crippen LogP contribution >= 0.6 is 18.9 Å². The SMILES string of the molecule is CC(C)(C)C(NC(=O)c1cc2cc(C(F)(F)P(=O)(O)O)ccc2s1)C(=O)N1CCCC1C(=O)N1CCC(c2ccccc2)C1. The van der Waals surface area contributed by atoms with Crippen molar-refractivity contribution in [3.63, 3.8) is 0 Å². The Bertz CT molecular complexity index is 1620. The Kier molecular flexibility index (Phi) is 8.76. The fourth-order valence-electron chi connectivity index (χ4n) is 5.98. The van der Waals surface area contributed by atoms with Crippen molar-refractivity contribution in [2.24, 2.45) is 5.41 Å². The maximum Gasteiger partial charge on any atom is 0.399 e. The molecule has 3 heterocycles. The second kappa shape index (κ2) is 12.0. The van der Waals surface area contributed by atoms with Crippen molar-refractivity contribution in [1.82, 2.24) is 15.1 Å². The van der Waals surface area contributed by atoms with Crippen molar-refractivity contribution >= 4 is 46.7 Å². The zero-order valence-corrected chi connectivity index (χ0v) is 26.4. The van der Waals surface area contributed by atoms with Crippen LogP contribution in [0.2, 0.25) is 0 Å². The van der Waals surface area contributed by atoms with E-state index < -0.39 is 42.2 Å². The van der Waals surface area contributed by atoms with E-state index in [1.807, 2.05) is 43.9 Å². The van der Waals surface area contributed by atoms with Gasteiger partial charge in [0.1, 0.15) is 12.1 Å². The van der Waals surface area contributed by atoms with Crippen LogP contribution in [0.3, 0.4) is 0 Å². The van der Waals surface area contributed by atoms with E-state index in [-0.39, 0.29) is 28.0 Å². The number of rotatable bonds is 7. The molecule has 2 aliphatic heterocycles. The number of hydrogen-bond donors (Lipinski definition) is 3. The first-order valence-corrected chi connectivity index (χ1v) is 16.9. The summed E-state index contributed by atoms with van der Waals surface area (Å²) in [6.07, 6.45) is 2.06. The molecule has 3 N–H and O–H groups in total. The van der Waals surface area contributed by atoms with E-state index in [0.29, 0.717) is 37.2 Å². The Morgan fingerprint density at radius 2 is 1.73 bits per heavy atom. The van der Waals surface area contributed by atoms with Crippen LogP contribution in [-0.4, -0.2) is 69.0 Å². The predicted octanol–water partition coefficient (Wildman–Crippen LogP) is 5.28. The highest BCUT2D eigenvalue weighted by Crippen LogP contribution is 2.59. The normalized spacial score (nSPS) is 20.2. The number of thiophene rings is 1. The number of alkyl halides is 2. The zero-order chi connectivity index (χ0) is 32.0. The lowest BCUT2D eigenvalue weighted by Gasteiger charge is -2.36. The monoisotopic (exact) mass is 647 g/mol. The van der Waals surface area contributed by atoms with Crippen molar-refractivity contribution < 1.29 is 37.5 Å². The second-order valence-corrected chi connectivity index (χ2v) is 15.3. The summed E-state index contributed by atoms with van der Waals surface area (Å²) in [6.45, 7) is 7.05. The molecule has 2 aromatic carbocycles. The molecule has 2 fully saturated rings. The summed E-state index contributed by atoms with van der Waals surface area (Å²) in [5, 5.41) is 3.04. The highest BCUT2D eigenvalue weighted by atomic mass is 32.1. The lowest BCUT2D eigenvalue weighted by atomic mass is 9.85. The first-order valence-electron chi connectivity index (χ1n) is 14.5. The average molecular weight is 648 g/mol. The van der Waals surface area contributed by atoms with Gasteiger partial charge in [0, 0.05) is 35.8 Å². The van der Waals surface area contributed by atoms with Crippen molar-refractivity contribution in [3.8, 4) is 0 Å². The molecule has 1 aromatic heterocycles. The van der Waals surface area contributed by atoms with Crippen molar-refractivity contribution in [2.75, 3.05) is 19.6 Å². The maximum absolute atomic E-state index is 14.3. The van der Waals surface area contributed by atoms with Crippen LogP contribution in [0.4, 0.5) is 8.78 Å². The summed E-state index contributed by atoms with van der Waals surface area (Å²) in [4.78, 5) is 62.8. The summed E-state index contributed by atoms with van der Waals surface area (Å²) in [5.74, 6) is -0.784. The number of nitrogens with zero attached hydrogens (tertiary/aromatic N) is 2.